The van der Waals surface area contributed by atoms with E-state index in [9.17, 15) is 4.79 Å². The zero-order chi connectivity index (χ0) is 9.78. The van der Waals surface area contributed by atoms with E-state index in [0.29, 0.717) is 0 Å². The minimum absolute atomic E-state index is 0.244. The summed E-state index contributed by atoms with van der Waals surface area (Å²) >= 11 is 7.65. The van der Waals surface area contributed by atoms with Gasteiger partial charge in [-0.15, -0.1) is 0 Å². The number of rotatable bonds is 4. The van der Waals surface area contributed by atoms with Crippen molar-refractivity contribution in [3.05, 3.63) is 0 Å². The summed E-state index contributed by atoms with van der Waals surface area (Å²) in [6.45, 7) is 0.766. The van der Waals surface area contributed by atoms with E-state index in [1.54, 1.807) is 0 Å². The Morgan fingerprint density at radius 1 is 1.67 bits per heavy atom. The summed E-state index contributed by atoms with van der Waals surface area (Å²) < 4.78 is 3.39. The van der Waals surface area contributed by atoms with Crippen LogP contribution < -0.4 is 0 Å². The van der Waals surface area contributed by atoms with E-state index in [0.717, 1.165) is 0 Å². The molecule has 0 aromatic heterocycles. The number of aliphatic hydroxyl groups is 2. The Bertz CT molecular complexity index is 154. The Labute approximate surface area is 81.7 Å². The third-order valence-corrected chi connectivity index (χ3v) is 1.37. The van der Waals surface area contributed by atoms with Crippen molar-refractivity contribution in [3.63, 3.8) is 0 Å². The molecule has 0 aliphatic heterocycles. The van der Waals surface area contributed by atoms with Crippen molar-refractivity contribution in [1.82, 2.24) is 0 Å². The molecule has 12 heavy (non-hydrogen) atoms. The number of ether oxygens (including phenoxy) is 1. The smallest absolute Gasteiger partial charge is 0.331 e. The van der Waals surface area contributed by atoms with Crippen LogP contribution in [0.5, 0.6) is 0 Å². The molecule has 0 bridgehead atoms. The Hall–Kier alpha value is 0.0900. The van der Waals surface area contributed by atoms with Crippen LogP contribution in [0.2, 0.25) is 0 Å². The van der Waals surface area contributed by atoms with E-state index in [-0.39, 0.29) is 6.61 Å². The highest BCUT2D eigenvalue weighted by Crippen LogP contribution is 2.19. The molecule has 6 heteroatoms. The molecule has 0 amide bonds. The molecule has 2 N–H and O–H groups in total. The second kappa shape index (κ2) is 4.96. The Morgan fingerprint density at radius 2 is 2.17 bits per heavy atom. The molecule has 0 radical (unpaired) electrons. The molecule has 0 rings (SSSR count). The summed E-state index contributed by atoms with van der Waals surface area (Å²) in [5.74, 6) is -0.651. The maximum absolute atomic E-state index is 10.9. The first-order valence-corrected chi connectivity index (χ1v) is 4.18. The van der Waals surface area contributed by atoms with E-state index in [4.69, 9.17) is 10.2 Å². The fraction of sp³-hybridized carbons (Fsp3) is 0.833. The van der Waals surface area contributed by atoms with Crippen LogP contribution in [0.15, 0.2) is 0 Å². The van der Waals surface area contributed by atoms with E-state index in [1.165, 1.54) is 6.92 Å². The molecular weight excluding hydrogens is 200 g/mol. The highest BCUT2D eigenvalue weighted by Gasteiger charge is 2.26. The van der Waals surface area contributed by atoms with Crippen molar-refractivity contribution in [2.24, 2.45) is 0 Å². The van der Waals surface area contributed by atoms with Gasteiger partial charge in [0.05, 0.1) is 6.61 Å². The number of carbonyl (C=O) groups is 1. The maximum atomic E-state index is 10.9. The molecule has 0 saturated carbocycles. The first-order valence-electron chi connectivity index (χ1n) is 3.29. The van der Waals surface area contributed by atoms with Gasteiger partial charge in [-0.2, -0.15) is 25.3 Å². The van der Waals surface area contributed by atoms with Gasteiger partial charge in [0.15, 0.2) is 4.08 Å². The average Bonchev–Trinajstić information content (AvgIpc) is 1.97. The Balaban J connectivity index is 3.73. The molecule has 0 saturated heterocycles. The van der Waals surface area contributed by atoms with Gasteiger partial charge in [0.1, 0.15) is 12.7 Å². The average molecular weight is 212 g/mol. The third-order valence-electron chi connectivity index (χ3n) is 1.00. The molecule has 0 aromatic rings. The van der Waals surface area contributed by atoms with Gasteiger partial charge >= 0.3 is 5.97 Å². The Kier molecular flexibility index (Phi) is 5.00. The number of aliphatic hydroxyl groups excluding tert-OH is 2. The molecule has 4 nitrogen and oxygen atoms in total. The lowest BCUT2D eigenvalue weighted by Gasteiger charge is -2.16. The van der Waals surface area contributed by atoms with Gasteiger partial charge in [-0.3, -0.25) is 0 Å². The second-order valence-electron chi connectivity index (χ2n) is 2.46. The van der Waals surface area contributed by atoms with E-state index in [1.807, 2.05) is 0 Å². The fourth-order valence-electron chi connectivity index (χ4n) is 0.361. The molecule has 1 unspecified atom stereocenters. The van der Waals surface area contributed by atoms with Crippen LogP contribution in [0.3, 0.4) is 0 Å². The lowest BCUT2D eigenvalue weighted by atomic mass is 10.4. The molecule has 0 heterocycles. The molecular formula is C6H12O4S2. The first kappa shape index (κ1) is 12.1. The number of carbonyl (C=O) groups excluding carboxylic acids is 1. The lowest BCUT2D eigenvalue weighted by molar-refractivity contribution is -0.147. The maximum Gasteiger partial charge on any atom is 0.331 e. The van der Waals surface area contributed by atoms with Gasteiger partial charge in [0.2, 0.25) is 0 Å². The van der Waals surface area contributed by atoms with Crippen LogP contribution in [-0.2, 0) is 9.53 Å². The number of hydrogen-bond donors (Lipinski definition) is 4. The summed E-state index contributed by atoms with van der Waals surface area (Å²) in [5.41, 5.74) is 0. The first-order chi connectivity index (χ1) is 5.38. The standard InChI is InChI=1S/C6H12O4S2/c1-6(11,12)5(9)10-3-4(8)2-7/h4,7-8,11-12H,2-3H2,1H3. The van der Waals surface area contributed by atoms with Gasteiger partial charge in [-0.05, 0) is 6.92 Å². The third kappa shape index (κ3) is 4.87. The van der Waals surface area contributed by atoms with Crippen molar-refractivity contribution in [1.29, 1.82) is 0 Å². The monoisotopic (exact) mass is 212 g/mol. The van der Waals surface area contributed by atoms with Crippen molar-refractivity contribution >= 4 is 31.2 Å². The minimum atomic E-state index is -1.17. The van der Waals surface area contributed by atoms with Crippen molar-refractivity contribution in [2.45, 2.75) is 17.1 Å². The largest absolute Gasteiger partial charge is 0.461 e. The fourth-order valence-corrected chi connectivity index (χ4v) is 0.490. The summed E-state index contributed by atoms with van der Waals surface area (Å²) in [4.78, 5) is 10.9. The molecule has 1 atom stereocenters. The van der Waals surface area contributed by atoms with Gasteiger partial charge in [0.25, 0.3) is 0 Å². The van der Waals surface area contributed by atoms with Crippen LogP contribution in [0.1, 0.15) is 6.92 Å². The van der Waals surface area contributed by atoms with Gasteiger partial charge < -0.3 is 14.9 Å². The highest BCUT2D eigenvalue weighted by molar-refractivity contribution is 8.01. The van der Waals surface area contributed by atoms with E-state index in [2.05, 4.69) is 30.0 Å². The molecule has 0 aliphatic carbocycles. The lowest BCUT2D eigenvalue weighted by Crippen LogP contribution is -2.29. The predicted molar refractivity (Wildman–Crippen MR) is 50.4 cm³/mol. The van der Waals surface area contributed by atoms with E-state index < -0.39 is 22.8 Å². The number of hydrogen-bond acceptors (Lipinski definition) is 6. The van der Waals surface area contributed by atoms with Crippen LogP contribution in [0.25, 0.3) is 0 Å². The van der Waals surface area contributed by atoms with Gasteiger partial charge in [-0.1, -0.05) is 0 Å². The zero-order valence-corrected chi connectivity index (χ0v) is 8.39. The van der Waals surface area contributed by atoms with Crippen LogP contribution >= 0.6 is 25.3 Å². The highest BCUT2D eigenvalue weighted by atomic mass is 32.2. The normalized spacial score (nSPS) is 14.1. The molecule has 72 valence electrons. The zero-order valence-electron chi connectivity index (χ0n) is 6.60. The van der Waals surface area contributed by atoms with Gasteiger partial charge in [-0.25, -0.2) is 4.79 Å². The summed E-state index contributed by atoms with van der Waals surface area (Å²) in [7, 11) is 0. The van der Waals surface area contributed by atoms with Crippen molar-refractivity contribution in [2.75, 3.05) is 13.2 Å². The number of esters is 1. The van der Waals surface area contributed by atoms with Crippen LogP contribution in [0.4, 0.5) is 0 Å². The van der Waals surface area contributed by atoms with E-state index >= 15 is 0 Å². The summed E-state index contributed by atoms with van der Waals surface area (Å²) in [6.07, 6.45) is -1.04. The quantitative estimate of drug-likeness (QED) is 0.287. The molecule has 0 fully saturated rings. The van der Waals surface area contributed by atoms with Crippen LogP contribution in [0, 0.1) is 0 Å². The van der Waals surface area contributed by atoms with Crippen molar-refractivity contribution in [3.8, 4) is 0 Å². The summed E-state index contributed by atoms with van der Waals surface area (Å²) in [6, 6.07) is 0. The van der Waals surface area contributed by atoms with Crippen LogP contribution in [-0.4, -0.2) is 39.6 Å². The van der Waals surface area contributed by atoms with Gasteiger partial charge in [0, 0.05) is 0 Å². The molecule has 0 spiro atoms. The number of thiol groups is 2. The van der Waals surface area contributed by atoms with Crippen molar-refractivity contribution < 1.29 is 19.7 Å². The summed E-state index contributed by atoms with van der Waals surface area (Å²) in [5, 5.41) is 17.2. The SMILES string of the molecule is CC(S)(S)C(=O)OCC(O)CO. The molecule has 0 aliphatic rings. The predicted octanol–water partition coefficient (Wildman–Crippen LogP) is -0.541. The minimum Gasteiger partial charge on any atom is -0.461 e. The Morgan fingerprint density at radius 3 is 2.50 bits per heavy atom. The second-order valence-corrected chi connectivity index (χ2v) is 4.60. The molecule has 0 aromatic carbocycles. The topological polar surface area (TPSA) is 66.8 Å².